The third-order valence-corrected chi connectivity index (χ3v) is 6.16. The van der Waals surface area contributed by atoms with Crippen molar-refractivity contribution in [3.8, 4) is 0 Å². The number of halogens is 2. The van der Waals surface area contributed by atoms with Gasteiger partial charge in [0.05, 0.1) is 28.9 Å². The van der Waals surface area contributed by atoms with Crippen LogP contribution in [0.15, 0.2) is 66.9 Å². The Morgan fingerprint density at radius 1 is 0.971 bits per heavy atom. The van der Waals surface area contributed by atoms with Crippen LogP contribution in [-0.2, 0) is 29.7 Å². The maximum Gasteiger partial charge on any atom is 0.322 e. The van der Waals surface area contributed by atoms with Crippen LogP contribution >= 0.6 is 23.2 Å². The van der Waals surface area contributed by atoms with Crippen molar-refractivity contribution in [3.05, 3.63) is 88.2 Å². The van der Waals surface area contributed by atoms with Crippen LogP contribution in [0, 0.1) is 0 Å². The Morgan fingerprint density at radius 3 is 2.41 bits per heavy atom. The van der Waals surface area contributed by atoms with Gasteiger partial charge in [-0.25, -0.2) is 4.79 Å². The third-order valence-electron chi connectivity index (χ3n) is 5.35. The molecule has 0 aliphatic rings. The lowest BCUT2D eigenvalue weighted by atomic mass is 10.2. The first-order chi connectivity index (χ1) is 16.4. The van der Waals surface area contributed by atoms with Crippen molar-refractivity contribution in [1.82, 2.24) is 14.4 Å². The minimum absolute atomic E-state index is 0.120. The van der Waals surface area contributed by atoms with Crippen molar-refractivity contribution >= 4 is 40.8 Å². The molecule has 3 rings (SSSR count). The number of benzene rings is 2. The molecule has 0 saturated heterocycles. The second-order valence-electron chi connectivity index (χ2n) is 7.79. The number of carbonyl (C=O) groups excluding carboxylic acids is 2. The molecule has 1 aromatic heterocycles. The first kappa shape index (κ1) is 25.6. The van der Waals surface area contributed by atoms with Crippen LogP contribution < -0.4 is 5.32 Å². The molecule has 3 amide bonds. The molecule has 0 radical (unpaired) electrons. The number of urea groups is 1. The number of aryl methyl sites for hydroxylation is 1. The van der Waals surface area contributed by atoms with Crippen molar-refractivity contribution in [2.24, 2.45) is 7.05 Å². The summed E-state index contributed by atoms with van der Waals surface area (Å²) in [5.74, 6) is -0.187. The summed E-state index contributed by atoms with van der Waals surface area (Å²) in [4.78, 5) is 29.6. The molecule has 0 bridgehead atoms. The van der Waals surface area contributed by atoms with Crippen LogP contribution in [0.25, 0.3) is 0 Å². The second-order valence-corrected chi connectivity index (χ2v) is 8.58. The molecule has 180 valence electrons. The third kappa shape index (κ3) is 7.00. The fourth-order valence-electron chi connectivity index (χ4n) is 3.40. The molecule has 2 aromatic carbocycles. The van der Waals surface area contributed by atoms with E-state index in [-0.39, 0.29) is 30.6 Å². The molecule has 0 unspecified atom stereocenters. The fraction of sp³-hybridized carbons (Fsp3) is 0.280. The van der Waals surface area contributed by atoms with E-state index in [1.54, 1.807) is 30.2 Å². The van der Waals surface area contributed by atoms with Crippen molar-refractivity contribution < 1.29 is 14.3 Å². The average molecular weight is 503 g/mol. The Bertz CT molecular complexity index is 1100. The molecule has 7 nitrogen and oxygen atoms in total. The van der Waals surface area contributed by atoms with Gasteiger partial charge >= 0.3 is 6.03 Å². The summed E-state index contributed by atoms with van der Waals surface area (Å²) < 4.78 is 7.13. The maximum atomic E-state index is 13.4. The molecule has 0 saturated carbocycles. The van der Waals surface area contributed by atoms with E-state index >= 15 is 0 Å². The van der Waals surface area contributed by atoms with E-state index in [0.717, 1.165) is 11.3 Å². The van der Waals surface area contributed by atoms with Crippen LogP contribution in [0.2, 0.25) is 10.0 Å². The summed E-state index contributed by atoms with van der Waals surface area (Å²) in [6, 6.07) is 18.2. The van der Waals surface area contributed by atoms with Crippen molar-refractivity contribution in [3.63, 3.8) is 0 Å². The lowest BCUT2D eigenvalue weighted by Crippen LogP contribution is -2.45. The SMILES string of the molecule is COCCN(CC(=O)N(Cc1ccccc1)Cc1cccn1C)C(=O)Nc1cccc(Cl)c1Cl. The Morgan fingerprint density at radius 2 is 1.74 bits per heavy atom. The molecular weight excluding hydrogens is 475 g/mol. The van der Waals surface area contributed by atoms with Gasteiger partial charge in [-0.1, -0.05) is 59.6 Å². The van der Waals surface area contributed by atoms with E-state index in [4.69, 9.17) is 27.9 Å². The van der Waals surface area contributed by atoms with Gasteiger partial charge < -0.3 is 24.4 Å². The summed E-state index contributed by atoms with van der Waals surface area (Å²) in [6.45, 7) is 1.22. The molecular formula is C25H28Cl2N4O3. The summed E-state index contributed by atoms with van der Waals surface area (Å²) in [5.41, 5.74) is 2.37. The molecule has 3 aromatic rings. The van der Waals surface area contributed by atoms with Gasteiger partial charge in [-0.2, -0.15) is 0 Å². The number of nitrogens with one attached hydrogen (secondary N) is 1. The van der Waals surface area contributed by atoms with Crippen LogP contribution in [0.4, 0.5) is 10.5 Å². The molecule has 34 heavy (non-hydrogen) atoms. The van der Waals surface area contributed by atoms with Crippen LogP contribution in [0.3, 0.4) is 0 Å². The van der Waals surface area contributed by atoms with Gasteiger partial charge in [0, 0.05) is 39.1 Å². The van der Waals surface area contributed by atoms with Gasteiger partial charge in [-0.05, 0) is 29.8 Å². The number of anilines is 1. The first-order valence-electron chi connectivity index (χ1n) is 10.8. The van der Waals surface area contributed by atoms with Gasteiger partial charge in [-0.15, -0.1) is 0 Å². The van der Waals surface area contributed by atoms with Crippen LogP contribution in [0.5, 0.6) is 0 Å². The van der Waals surface area contributed by atoms with E-state index in [9.17, 15) is 9.59 Å². The van der Waals surface area contributed by atoms with Crippen molar-refractivity contribution in [1.29, 1.82) is 0 Å². The predicted molar refractivity (Wildman–Crippen MR) is 135 cm³/mol. The van der Waals surface area contributed by atoms with Crippen molar-refractivity contribution in [2.75, 3.05) is 32.1 Å². The van der Waals surface area contributed by atoms with Gasteiger partial charge in [-0.3, -0.25) is 4.79 Å². The van der Waals surface area contributed by atoms with Crippen LogP contribution in [-0.4, -0.2) is 53.1 Å². The summed E-state index contributed by atoms with van der Waals surface area (Å²) in [6.07, 6.45) is 1.94. The number of ether oxygens (including phenoxy) is 1. The highest BCUT2D eigenvalue weighted by Crippen LogP contribution is 2.29. The topological polar surface area (TPSA) is 66.8 Å². The van der Waals surface area contributed by atoms with Gasteiger partial charge in [0.25, 0.3) is 0 Å². The van der Waals surface area contributed by atoms with E-state index < -0.39 is 6.03 Å². The highest BCUT2D eigenvalue weighted by Gasteiger charge is 2.23. The normalized spacial score (nSPS) is 10.7. The number of nitrogens with zero attached hydrogens (tertiary/aromatic N) is 3. The molecule has 1 heterocycles. The lowest BCUT2D eigenvalue weighted by Gasteiger charge is -2.28. The summed E-state index contributed by atoms with van der Waals surface area (Å²) in [7, 11) is 3.48. The molecule has 1 N–H and O–H groups in total. The van der Waals surface area contributed by atoms with Crippen molar-refractivity contribution in [2.45, 2.75) is 13.1 Å². The van der Waals surface area contributed by atoms with E-state index in [1.807, 2.05) is 60.3 Å². The number of methoxy groups -OCH3 is 1. The highest BCUT2D eigenvalue weighted by molar-refractivity contribution is 6.43. The first-order valence-corrected chi connectivity index (χ1v) is 11.6. The highest BCUT2D eigenvalue weighted by atomic mass is 35.5. The van der Waals surface area contributed by atoms with Crippen LogP contribution in [0.1, 0.15) is 11.3 Å². The van der Waals surface area contributed by atoms with E-state index in [0.29, 0.717) is 23.8 Å². The summed E-state index contributed by atoms with van der Waals surface area (Å²) in [5, 5.41) is 3.32. The Hall–Kier alpha value is -3.00. The molecule has 0 aliphatic heterocycles. The second kappa shape index (κ2) is 12.5. The maximum absolute atomic E-state index is 13.4. The number of amides is 3. The number of rotatable bonds is 10. The van der Waals surface area contributed by atoms with E-state index in [2.05, 4.69) is 5.32 Å². The Balaban J connectivity index is 1.78. The number of hydrogen-bond acceptors (Lipinski definition) is 3. The zero-order chi connectivity index (χ0) is 24.5. The largest absolute Gasteiger partial charge is 0.383 e. The zero-order valence-corrected chi connectivity index (χ0v) is 20.7. The quantitative estimate of drug-likeness (QED) is 0.422. The number of aromatic nitrogens is 1. The smallest absolute Gasteiger partial charge is 0.322 e. The minimum Gasteiger partial charge on any atom is -0.383 e. The van der Waals surface area contributed by atoms with Gasteiger partial charge in [0.15, 0.2) is 0 Å². The number of carbonyl (C=O) groups is 2. The predicted octanol–water partition coefficient (Wildman–Crippen LogP) is 5.04. The van der Waals surface area contributed by atoms with E-state index in [1.165, 1.54) is 4.90 Å². The molecule has 9 heteroatoms. The monoisotopic (exact) mass is 502 g/mol. The average Bonchev–Trinajstić information content (AvgIpc) is 3.24. The molecule has 0 spiro atoms. The lowest BCUT2D eigenvalue weighted by molar-refractivity contribution is -0.133. The van der Waals surface area contributed by atoms with Gasteiger partial charge in [0.1, 0.15) is 6.54 Å². The molecule has 0 aliphatic carbocycles. The fourth-order valence-corrected chi connectivity index (χ4v) is 3.75. The van der Waals surface area contributed by atoms with Gasteiger partial charge in [0.2, 0.25) is 5.91 Å². The minimum atomic E-state index is -0.465. The summed E-state index contributed by atoms with van der Waals surface area (Å²) >= 11 is 12.3. The Labute approximate surface area is 209 Å². The number of hydrogen-bond donors (Lipinski definition) is 1. The Kier molecular flexibility index (Phi) is 9.39. The standard InChI is InChI=1S/C25H28Cl2N4O3/c1-29-13-7-10-20(29)17-31(16-19-8-4-3-5-9-19)23(32)18-30(14-15-34-2)25(33)28-22-12-6-11-21(26)24(22)27/h3-13H,14-18H2,1-2H3,(H,28,33). The molecule has 0 atom stereocenters. The molecule has 0 fully saturated rings. The zero-order valence-electron chi connectivity index (χ0n) is 19.2.